The SMILES string of the molecule is ONCCCc1cccc(F)c1. The first kappa shape index (κ1) is 9.16. The fourth-order valence-electron chi connectivity index (χ4n) is 1.06. The Morgan fingerprint density at radius 3 is 2.92 bits per heavy atom. The summed E-state index contributed by atoms with van der Waals surface area (Å²) in [6.45, 7) is 0.538. The number of hydrogen-bond acceptors (Lipinski definition) is 2. The quantitative estimate of drug-likeness (QED) is 0.531. The summed E-state index contributed by atoms with van der Waals surface area (Å²) in [5.74, 6) is -0.204. The first-order chi connectivity index (χ1) is 5.83. The van der Waals surface area contributed by atoms with Crippen LogP contribution >= 0.6 is 0 Å². The van der Waals surface area contributed by atoms with E-state index in [0.29, 0.717) is 6.54 Å². The maximum Gasteiger partial charge on any atom is 0.123 e. The van der Waals surface area contributed by atoms with E-state index in [2.05, 4.69) is 5.48 Å². The van der Waals surface area contributed by atoms with E-state index in [9.17, 15) is 4.39 Å². The van der Waals surface area contributed by atoms with Gasteiger partial charge in [0.05, 0.1) is 0 Å². The summed E-state index contributed by atoms with van der Waals surface area (Å²) in [6.07, 6.45) is 1.59. The molecule has 3 heteroatoms. The number of hydrogen-bond donors (Lipinski definition) is 2. The van der Waals surface area contributed by atoms with Crippen molar-refractivity contribution in [3.63, 3.8) is 0 Å². The normalized spacial score (nSPS) is 10.2. The zero-order valence-corrected chi connectivity index (χ0v) is 6.76. The third kappa shape index (κ3) is 2.98. The zero-order chi connectivity index (χ0) is 8.81. The maximum atomic E-state index is 12.6. The molecule has 0 aliphatic carbocycles. The molecule has 0 bridgehead atoms. The van der Waals surface area contributed by atoms with Crippen molar-refractivity contribution in [2.24, 2.45) is 0 Å². The highest BCUT2D eigenvalue weighted by Gasteiger charge is 1.94. The summed E-state index contributed by atoms with van der Waals surface area (Å²) in [6, 6.07) is 6.50. The van der Waals surface area contributed by atoms with E-state index in [0.717, 1.165) is 18.4 Å². The average Bonchev–Trinajstić information content (AvgIpc) is 2.05. The van der Waals surface area contributed by atoms with Crippen LogP contribution in [0, 0.1) is 5.82 Å². The predicted molar refractivity (Wildman–Crippen MR) is 44.5 cm³/mol. The maximum absolute atomic E-state index is 12.6. The van der Waals surface area contributed by atoms with Crippen molar-refractivity contribution in [1.29, 1.82) is 0 Å². The van der Waals surface area contributed by atoms with Crippen LogP contribution in [0.4, 0.5) is 4.39 Å². The first-order valence-corrected chi connectivity index (χ1v) is 3.94. The fraction of sp³-hybridized carbons (Fsp3) is 0.333. The molecule has 0 fully saturated rings. The van der Waals surface area contributed by atoms with E-state index in [1.54, 1.807) is 6.07 Å². The van der Waals surface area contributed by atoms with E-state index in [1.165, 1.54) is 12.1 Å². The van der Waals surface area contributed by atoms with Crippen molar-refractivity contribution in [3.8, 4) is 0 Å². The molecule has 0 amide bonds. The van der Waals surface area contributed by atoms with Gasteiger partial charge in [0.2, 0.25) is 0 Å². The lowest BCUT2D eigenvalue weighted by Gasteiger charge is -1.99. The van der Waals surface area contributed by atoms with Gasteiger partial charge in [-0.05, 0) is 30.5 Å². The number of halogens is 1. The minimum absolute atomic E-state index is 0.204. The molecule has 0 saturated heterocycles. The first-order valence-electron chi connectivity index (χ1n) is 3.94. The molecule has 2 N–H and O–H groups in total. The van der Waals surface area contributed by atoms with Crippen LogP contribution in [0.25, 0.3) is 0 Å². The second kappa shape index (κ2) is 4.85. The third-order valence-electron chi connectivity index (χ3n) is 1.64. The van der Waals surface area contributed by atoms with Crippen LogP contribution in [0.15, 0.2) is 24.3 Å². The van der Waals surface area contributed by atoms with Gasteiger partial charge in [0.1, 0.15) is 5.82 Å². The van der Waals surface area contributed by atoms with Crippen LogP contribution in [0.1, 0.15) is 12.0 Å². The standard InChI is InChI=1S/C9H12FNO/c10-9-5-1-3-8(7-9)4-2-6-11-12/h1,3,5,7,11-12H,2,4,6H2. The smallest absolute Gasteiger partial charge is 0.123 e. The molecule has 0 unspecified atom stereocenters. The van der Waals surface area contributed by atoms with Crippen LogP contribution in [-0.4, -0.2) is 11.8 Å². The Morgan fingerprint density at radius 2 is 2.25 bits per heavy atom. The minimum atomic E-state index is -0.204. The summed E-state index contributed by atoms with van der Waals surface area (Å²) >= 11 is 0. The van der Waals surface area contributed by atoms with Crippen molar-refractivity contribution in [1.82, 2.24) is 5.48 Å². The number of rotatable bonds is 4. The predicted octanol–water partition coefficient (Wildman–Crippen LogP) is 1.74. The molecule has 12 heavy (non-hydrogen) atoms. The van der Waals surface area contributed by atoms with Crippen LogP contribution in [0.5, 0.6) is 0 Å². The van der Waals surface area contributed by atoms with Crippen molar-refractivity contribution < 1.29 is 9.60 Å². The van der Waals surface area contributed by atoms with Crippen molar-refractivity contribution in [2.75, 3.05) is 6.54 Å². The van der Waals surface area contributed by atoms with Gasteiger partial charge in [-0.1, -0.05) is 12.1 Å². The highest BCUT2D eigenvalue weighted by Crippen LogP contribution is 2.05. The second-order valence-corrected chi connectivity index (χ2v) is 2.64. The van der Waals surface area contributed by atoms with Crippen LogP contribution in [-0.2, 0) is 6.42 Å². The van der Waals surface area contributed by atoms with Crippen LogP contribution in [0.3, 0.4) is 0 Å². The summed E-state index contributed by atoms with van der Waals surface area (Å²) in [4.78, 5) is 0. The molecule has 66 valence electrons. The Labute approximate surface area is 71.0 Å². The highest BCUT2D eigenvalue weighted by molar-refractivity contribution is 5.16. The monoisotopic (exact) mass is 169 g/mol. The Balaban J connectivity index is 2.41. The van der Waals surface area contributed by atoms with Gasteiger partial charge in [-0.3, -0.25) is 0 Å². The van der Waals surface area contributed by atoms with Gasteiger partial charge < -0.3 is 5.21 Å². The molecule has 0 aliphatic heterocycles. The molecule has 0 spiro atoms. The summed E-state index contributed by atoms with van der Waals surface area (Å²) < 4.78 is 12.6. The van der Waals surface area contributed by atoms with Gasteiger partial charge in [-0.2, -0.15) is 0 Å². The summed E-state index contributed by atoms with van der Waals surface area (Å²) in [5.41, 5.74) is 3.02. The molecule has 0 radical (unpaired) electrons. The number of benzene rings is 1. The second-order valence-electron chi connectivity index (χ2n) is 2.64. The average molecular weight is 169 g/mol. The Bertz CT molecular complexity index is 240. The van der Waals surface area contributed by atoms with E-state index in [-0.39, 0.29) is 5.82 Å². The number of aryl methyl sites for hydroxylation is 1. The van der Waals surface area contributed by atoms with Gasteiger partial charge in [-0.25, -0.2) is 9.87 Å². The molecular weight excluding hydrogens is 157 g/mol. The zero-order valence-electron chi connectivity index (χ0n) is 6.76. The molecule has 0 saturated carbocycles. The molecule has 1 rings (SSSR count). The van der Waals surface area contributed by atoms with Crippen LogP contribution in [0.2, 0.25) is 0 Å². The van der Waals surface area contributed by atoms with E-state index >= 15 is 0 Å². The Hall–Kier alpha value is -0.930. The molecule has 0 aromatic heterocycles. The van der Waals surface area contributed by atoms with Gasteiger partial charge in [0.25, 0.3) is 0 Å². The number of nitrogens with one attached hydrogen (secondary N) is 1. The lowest BCUT2D eigenvalue weighted by molar-refractivity contribution is 0.166. The fourth-order valence-corrected chi connectivity index (χ4v) is 1.06. The molecule has 1 aromatic rings. The molecule has 0 aliphatic rings. The summed E-state index contributed by atoms with van der Waals surface area (Å²) in [5, 5.41) is 8.27. The van der Waals surface area contributed by atoms with Crippen molar-refractivity contribution >= 4 is 0 Å². The van der Waals surface area contributed by atoms with Crippen LogP contribution < -0.4 is 5.48 Å². The molecule has 1 aromatic carbocycles. The third-order valence-corrected chi connectivity index (χ3v) is 1.64. The van der Waals surface area contributed by atoms with Gasteiger partial charge in [0.15, 0.2) is 0 Å². The van der Waals surface area contributed by atoms with E-state index < -0.39 is 0 Å². The molecule has 0 heterocycles. The van der Waals surface area contributed by atoms with Crippen molar-refractivity contribution in [3.05, 3.63) is 35.6 Å². The lowest BCUT2D eigenvalue weighted by atomic mass is 10.1. The highest BCUT2D eigenvalue weighted by atomic mass is 19.1. The summed E-state index contributed by atoms with van der Waals surface area (Å²) in [7, 11) is 0. The van der Waals surface area contributed by atoms with E-state index in [1.807, 2.05) is 6.07 Å². The Morgan fingerprint density at radius 1 is 1.42 bits per heavy atom. The lowest BCUT2D eigenvalue weighted by Crippen LogP contribution is -2.09. The van der Waals surface area contributed by atoms with Gasteiger partial charge >= 0.3 is 0 Å². The van der Waals surface area contributed by atoms with Crippen molar-refractivity contribution in [2.45, 2.75) is 12.8 Å². The minimum Gasteiger partial charge on any atom is -0.317 e. The van der Waals surface area contributed by atoms with Gasteiger partial charge in [0, 0.05) is 6.54 Å². The number of hydroxylamine groups is 1. The van der Waals surface area contributed by atoms with Gasteiger partial charge in [-0.15, -0.1) is 0 Å². The topological polar surface area (TPSA) is 32.3 Å². The molecule has 2 nitrogen and oxygen atoms in total. The molecule has 0 atom stereocenters. The van der Waals surface area contributed by atoms with E-state index in [4.69, 9.17) is 5.21 Å². The Kier molecular flexibility index (Phi) is 3.70. The molecular formula is C9H12FNO. The largest absolute Gasteiger partial charge is 0.317 e.